The highest BCUT2D eigenvalue weighted by atomic mass is 35.5. The van der Waals surface area contributed by atoms with Crippen LogP contribution in [0.15, 0.2) is 24.4 Å². The van der Waals surface area contributed by atoms with Gasteiger partial charge in [-0.2, -0.15) is 0 Å². The quantitative estimate of drug-likeness (QED) is 0.808. The molecule has 0 aromatic carbocycles. The smallest absolute Gasteiger partial charge is 0.0693 e. The first-order valence-corrected chi connectivity index (χ1v) is 6.07. The molecule has 16 heavy (non-hydrogen) atoms. The van der Waals surface area contributed by atoms with Gasteiger partial charge in [-0.05, 0) is 37.5 Å². The lowest BCUT2D eigenvalue weighted by Crippen LogP contribution is -2.35. The first-order valence-electron chi connectivity index (χ1n) is 5.69. The van der Waals surface area contributed by atoms with E-state index in [4.69, 9.17) is 17.3 Å². The Kier molecular flexibility index (Phi) is 2.23. The fourth-order valence-electron chi connectivity index (χ4n) is 2.71. The Balaban J connectivity index is 2.19. The molecule has 1 fully saturated rings. The first kappa shape index (κ1) is 10.2. The van der Waals surface area contributed by atoms with Gasteiger partial charge in [0.1, 0.15) is 0 Å². The van der Waals surface area contributed by atoms with Crippen LogP contribution < -0.4 is 5.73 Å². The summed E-state index contributed by atoms with van der Waals surface area (Å²) in [5.41, 5.74) is 9.54. The van der Waals surface area contributed by atoms with Crippen LogP contribution in [0.4, 0.5) is 0 Å². The molecule has 1 saturated carbocycles. The van der Waals surface area contributed by atoms with E-state index in [-0.39, 0.29) is 0 Å². The van der Waals surface area contributed by atoms with E-state index in [0.717, 1.165) is 23.4 Å². The lowest BCUT2D eigenvalue weighted by molar-refractivity contribution is 0.343. The predicted molar refractivity (Wildman–Crippen MR) is 67.1 cm³/mol. The summed E-state index contributed by atoms with van der Waals surface area (Å²) in [6.07, 6.45) is 4.25. The normalized spacial score (nSPS) is 24.7. The molecule has 2 N–H and O–H groups in total. The molecule has 0 spiro atoms. The number of rotatable bonds is 1. The number of nitrogens with two attached hydrogens (primary N) is 1. The Morgan fingerprint density at radius 2 is 2.12 bits per heavy atom. The number of hydrogen-bond donors (Lipinski definition) is 1. The van der Waals surface area contributed by atoms with Crippen molar-refractivity contribution in [2.75, 3.05) is 0 Å². The van der Waals surface area contributed by atoms with Crippen LogP contribution in [0, 0.1) is 6.92 Å². The van der Waals surface area contributed by atoms with Gasteiger partial charge in [0.25, 0.3) is 0 Å². The SMILES string of the molecule is Cc1c(Cl)c2ccccn2c1C1CC(N)C1. The molecule has 2 nitrogen and oxygen atoms in total. The highest BCUT2D eigenvalue weighted by molar-refractivity contribution is 6.34. The minimum Gasteiger partial charge on any atom is -0.328 e. The molecule has 84 valence electrons. The predicted octanol–water partition coefficient (Wildman–Crippen LogP) is 3.11. The van der Waals surface area contributed by atoms with Crippen molar-refractivity contribution >= 4 is 17.1 Å². The van der Waals surface area contributed by atoms with Gasteiger partial charge in [-0.1, -0.05) is 17.7 Å². The molecule has 3 rings (SSSR count). The molecular weight excluding hydrogens is 220 g/mol. The zero-order valence-electron chi connectivity index (χ0n) is 9.28. The van der Waals surface area contributed by atoms with Crippen molar-refractivity contribution in [3.05, 3.63) is 40.7 Å². The molecule has 0 bridgehead atoms. The number of fused-ring (bicyclic) bond motifs is 1. The highest BCUT2D eigenvalue weighted by Crippen LogP contribution is 2.41. The van der Waals surface area contributed by atoms with Crippen LogP contribution in [-0.4, -0.2) is 10.4 Å². The molecule has 2 aromatic rings. The maximum atomic E-state index is 6.36. The second-order valence-electron chi connectivity index (χ2n) is 4.71. The van der Waals surface area contributed by atoms with Crippen LogP contribution >= 0.6 is 11.6 Å². The van der Waals surface area contributed by atoms with Crippen LogP contribution in [0.3, 0.4) is 0 Å². The van der Waals surface area contributed by atoms with Gasteiger partial charge in [0.05, 0.1) is 10.5 Å². The van der Waals surface area contributed by atoms with Crippen molar-refractivity contribution in [2.45, 2.75) is 31.7 Å². The molecule has 1 aliphatic carbocycles. The Bertz CT molecular complexity index is 538. The van der Waals surface area contributed by atoms with E-state index in [1.165, 1.54) is 11.3 Å². The number of hydrogen-bond acceptors (Lipinski definition) is 1. The van der Waals surface area contributed by atoms with Gasteiger partial charge in [-0.15, -0.1) is 0 Å². The number of halogens is 1. The fraction of sp³-hybridized carbons (Fsp3) is 0.385. The van der Waals surface area contributed by atoms with Crippen molar-refractivity contribution in [3.63, 3.8) is 0 Å². The molecule has 0 unspecified atom stereocenters. The fourth-order valence-corrected chi connectivity index (χ4v) is 2.96. The second-order valence-corrected chi connectivity index (χ2v) is 5.09. The topological polar surface area (TPSA) is 30.4 Å². The van der Waals surface area contributed by atoms with E-state index in [1.54, 1.807) is 0 Å². The van der Waals surface area contributed by atoms with Crippen LogP contribution in [0.1, 0.15) is 30.0 Å². The molecule has 0 saturated heterocycles. The lowest BCUT2D eigenvalue weighted by Gasteiger charge is -2.33. The van der Waals surface area contributed by atoms with Gasteiger partial charge in [0, 0.05) is 23.9 Å². The van der Waals surface area contributed by atoms with E-state index in [9.17, 15) is 0 Å². The van der Waals surface area contributed by atoms with Gasteiger partial charge < -0.3 is 10.1 Å². The van der Waals surface area contributed by atoms with Crippen molar-refractivity contribution in [3.8, 4) is 0 Å². The van der Waals surface area contributed by atoms with Gasteiger partial charge >= 0.3 is 0 Å². The Hall–Kier alpha value is -0.990. The summed E-state index contributed by atoms with van der Waals surface area (Å²) in [6, 6.07) is 6.51. The van der Waals surface area contributed by atoms with Gasteiger partial charge in [-0.3, -0.25) is 0 Å². The Morgan fingerprint density at radius 3 is 2.81 bits per heavy atom. The van der Waals surface area contributed by atoms with Crippen LogP contribution in [-0.2, 0) is 0 Å². The summed E-state index contributed by atoms with van der Waals surface area (Å²) in [5.74, 6) is 0.581. The van der Waals surface area contributed by atoms with E-state index in [2.05, 4.69) is 23.6 Å². The molecule has 2 heterocycles. The van der Waals surface area contributed by atoms with E-state index in [0.29, 0.717) is 12.0 Å². The maximum absolute atomic E-state index is 6.36. The molecule has 0 aliphatic heterocycles. The Labute approximate surface area is 100 Å². The minimum absolute atomic E-state index is 0.373. The lowest BCUT2D eigenvalue weighted by atomic mass is 9.78. The minimum atomic E-state index is 0.373. The highest BCUT2D eigenvalue weighted by Gasteiger charge is 2.31. The van der Waals surface area contributed by atoms with Crippen molar-refractivity contribution in [1.29, 1.82) is 0 Å². The molecule has 0 atom stereocenters. The zero-order chi connectivity index (χ0) is 11.3. The van der Waals surface area contributed by atoms with Crippen LogP contribution in [0.5, 0.6) is 0 Å². The molecule has 0 radical (unpaired) electrons. The van der Waals surface area contributed by atoms with Gasteiger partial charge in [0.15, 0.2) is 0 Å². The molecule has 1 aliphatic rings. The third-order valence-corrected chi connectivity index (χ3v) is 4.10. The summed E-state index contributed by atoms with van der Waals surface area (Å²) in [6.45, 7) is 2.11. The monoisotopic (exact) mass is 234 g/mol. The van der Waals surface area contributed by atoms with E-state index >= 15 is 0 Å². The largest absolute Gasteiger partial charge is 0.328 e. The third kappa shape index (κ3) is 1.30. The molecule has 3 heteroatoms. The third-order valence-electron chi connectivity index (χ3n) is 3.62. The molecular formula is C13H15ClN2. The van der Waals surface area contributed by atoms with Gasteiger partial charge in [0.2, 0.25) is 0 Å². The number of pyridine rings is 1. The zero-order valence-corrected chi connectivity index (χ0v) is 10.0. The Morgan fingerprint density at radius 1 is 1.38 bits per heavy atom. The standard InChI is InChI=1S/C13H15ClN2/c1-8-12(14)11-4-2-3-5-16(11)13(8)9-6-10(15)7-9/h2-5,9-10H,6-7,15H2,1H3. The summed E-state index contributed by atoms with van der Waals surface area (Å²) >= 11 is 6.36. The number of aromatic nitrogens is 1. The summed E-state index contributed by atoms with van der Waals surface area (Å²) in [5, 5.41) is 0.885. The van der Waals surface area contributed by atoms with Crippen LogP contribution in [0.25, 0.3) is 5.52 Å². The van der Waals surface area contributed by atoms with Gasteiger partial charge in [-0.25, -0.2) is 0 Å². The van der Waals surface area contributed by atoms with Crippen molar-refractivity contribution in [2.24, 2.45) is 5.73 Å². The average molecular weight is 235 g/mol. The van der Waals surface area contributed by atoms with Crippen molar-refractivity contribution in [1.82, 2.24) is 4.40 Å². The summed E-state index contributed by atoms with van der Waals surface area (Å²) in [4.78, 5) is 0. The summed E-state index contributed by atoms with van der Waals surface area (Å²) < 4.78 is 2.22. The molecule has 2 aromatic heterocycles. The van der Waals surface area contributed by atoms with Crippen molar-refractivity contribution < 1.29 is 0 Å². The van der Waals surface area contributed by atoms with E-state index < -0.39 is 0 Å². The maximum Gasteiger partial charge on any atom is 0.0693 e. The summed E-state index contributed by atoms with van der Waals surface area (Å²) in [7, 11) is 0. The first-order chi connectivity index (χ1) is 7.68. The van der Waals surface area contributed by atoms with E-state index in [1.807, 2.05) is 12.1 Å². The number of nitrogens with zero attached hydrogens (tertiary/aromatic N) is 1. The molecule has 0 amide bonds. The van der Waals surface area contributed by atoms with Crippen LogP contribution in [0.2, 0.25) is 5.02 Å². The second kappa shape index (κ2) is 3.51. The average Bonchev–Trinajstić information content (AvgIpc) is 2.49.